The molecule has 0 unspecified atom stereocenters. The first kappa shape index (κ1) is 39.1. The molecule has 0 saturated carbocycles. The minimum atomic E-state index is -1.34. The maximum atomic E-state index is 5.90. The summed E-state index contributed by atoms with van der Waals surface area (Å²) in [5.74, 6) is 1.07. The van der Waals surface area contributed by atoms with E-state index in [9.17, 15) is 0 Å². The van der Waals surface area contributed by atoms with E-state index in [1.807, 2.05) is 0 Å². The zero-order valence-corrected chi connectivity index (χ0v) is 29.4. The van der Waals surface area contributed by atoms with Crippen molar-refractivity contribution in [3.63, 3.8) is 0 Å². The van der Waals surface area contributed by atoms with E-state index in [0.29, 0.717) is 0 Å². The maximum absolute atomic E-state index is 5.90. The highest BCUT2D eigenvalue weighted by atomic mass is 35.7. The Morgan fingerprint density at radius 3 is 0.579 bits per heavy atom. The topological polar surface area (TPSA) is 0 Å². The summed E-state index contributed by atoms with van der Waals surface area (Å²) in [5.41, 5.74) is 0. The summed E-state index contributed by atoms with van der Waals surface area (Å²) in [4.78, 5) is 0. The minimum absolute atomic E-state index is 1.07. The number of rotatable bonds is 34. The van der Waals surface area contributed by atoms with Crippen LogP contribution in [0.4, 0.5) is 0 Å². The quantitative estimate of drug-likeness (QED) is 0.0319. The smallest absolute Gasteiger partial charge is 0.179 e. The molecule has 0 aliphatic heterocycles. The Hall–Kier alpha value is 1.15. The highest BCUT2D eigenvalue weighted by Crippen LogP contribution is 2.17. The lowest BCUT2D eigenvalue weighted by molar-refractivity contribution is 0.512. The van der Waals surface area contributed by atoms with E-state index in [2.05, 4.69) is 12.6 Å². The lowest BCUT2D eigenvalue weighted by Gasteiger charge is -2.05. The molecule has 0 aliphatic rings. The van der Waals surface area contributed by atoms with Crippen molar-refractivity contribution >= 4 is 42.2 Å². The first-order valence-corrected chi connectivity index (χ1v) is 22.6. The van der Waals surface area contributed by atoms with Gasteiger partial charge in [-0.05, 0) is 18.2 Å². The summed E-state index contributed by atoms with van der Waals surface area (Å²) in [6, 6.07) is 1.10. The van der Waals surface area contributed by atoms with Gasteiger partial charge in [0.15, 0.2) is 0 Å². The standard InChI is InChI=1S/C34H70Cl2SSi/c35-38(36)34-32-30-28-26-24-22-20-18-16-14-12-10-8-6-4-2-1-3-5-7-9-11-13-15-17-19-21-23-25-27-29-31-33-37/h37-38H,1-34H2. The number of hydrogen-bond donors (Lipinski definition) is 1. The Bertz CT molecular complexity index is 408. The van der Waals surface area contributed by atoms with Crippen LogP contribution in [0.25, 0.3) is 0 Å². The summed E-state index contributed by atoms with van der Waals surface area (Å²) in [6.07, 6.45) is 46.3. The third-order valence-corrected chi connectivity index (χ3v) is 10.8. The molecular formula is C34H70Cl2SSi. The second-order valence-electron chi connectivity index (χ2n) is 12.2. The van der Waals surface area contributed by atoms with Gasteiger partial charge >= 0.3 is 0 Å². The second kappa shape index (κ2) is 36.2. The van der Waals surface area contributed by atoms with Gasteiger partial charge in [0.25, 0.3) is 0 Å². The van der Waals surface area contributed by atoms with E-state index in [4.69, 9.17) is 22.2 Å². The average Bonchev–Trinajstić information content (AvgIpc) is 2.91. The molecule has 0 radical (unpaired) electrons. The van der Waals surface area contributed by atoms with E-state index in [0.717, 1.165) is 11.8 Å². The second-order valence-corrected chi connectivity index (χ2v) is 17.9. The van der Waals surface area contributed by atoms with Gasteiger partial charge in [0.1, 0.15) is 0 Å². The molecule has 0 aromatic heterocycles. The van der Waals surface area contributed by atoms with Gasteiger partial charge in [0.2, 0.25) is 7.42 Å². The van der Waals surface area contributed by atoms with Crippen LogP contribution in [0.1, 0.15) is 205 Å². The highest BCUT2D eigenvalue weighted by molar-refractivity contribution is 7.80. The van der Waals surface area contributed by atoms with Crippen molar-refractivity contribution in [2.45, 2.75) is 212 Å². The molecule has 0 aromatic carbocycles. The first-order valence-electron chi connectivity index (χ1n) is 17.7. The van der Waals surface area contributed by atoms with Gasteiger partial charge in [0, 0.05) is 0 Å². The van der Waals surface area contributed by atoms with Crippen molar-refractivity contribution in [2.75, 3.05) is 5.75 Å². The molecule has 230 valence electrons. The van der Waals surface area contributed by atoms with Crippen molar-refractivity contribution in [3.8, 4) is 0 Å². The molecule has 0 saturated heterocycles. The molecule has 0 bridgehead atoms. The van der Waals surface area contributed by atoms with Crippen LogP contribution in [0.3, 0.4) is 0 Å². The molecular weight excluding hydrogens is 539 g/mol. The maximum Gasteiger partial charge on any atom is 0.237 e. The zero-order chi connectivity index (χ0) is 27.6. The van der Waals surface area contributed by atoms with Gasteiger partial charge in [0.05, 0.1) is 0 Å². The van der Waals surface area contributed by atoms with Gasteiger partial charge in [-0.1, -0.05) is 199 Å². The van der Waals surface area contributed by atoms with E-state index in [1.54, 1.807) is 0 Å². The Morgan fingerprint density at radius 1 is 0.263 bits per heavy atom. The lowest BCUT2D eigenvalue weighted by atomic mass is 10.0. The number of hydrogen-bond acceptors (Lipinski definition) is 1. The molecule has 0 spiro atoms. The van der Waals surface area contributed by atoms with Gasteiger partial charge < -0.3 is 0 Å². The molecule has 0 rings (SSSR count). The van der Waals surface area contributed by atoms with Crippen LogP contribution < -0.4 is 0 Å². The summed E-state index contributed by atoms with van der Waals surface area (Å²) in [5, 5.41) is 0. The van der Waals surface area contributed by atoms with Gasteiger partial charge in [-0.25, -0.2) is 0 Å². The third kappa shape index (κ3) is 37.1. The molecule has 0 heterocycles. The normalized spacial score (nSPS) is 11.7. The van der Waals surface area contributed by atoms with Crippen molar-refractivity contribution in [3.05, 3.63) is 0 Å². The molecule has 4 heteroatoms. The monoisotopic (exact) mass is 608 g/mol. The Kier molecular flexibility index (Phi) is 37.3. The number of unbranched alkanes of at least 4 members (excludes halogenated alkanes) is 31. The molecule has 0 N–H and O–H groups in total. The fourth-order valence-electron chi connectivity index (χ4n) is 5.71. The molecule has 38 heavy (non-hydrogen) atoms. The first-order chi connectivity index (χ1) is 18.8. The molecule has 0 nitrogen and oxygen atoms in total. The molecule has 0 atom stereocenters. The Labute approximate surface area is 258 Å². The minimum Gasteiger partial charge on any atom is -0.179 e. The van der Waals surface area contributed by atoms with Gasteiger partial charge in [-0.2, -0.15) is 34.8 Å². The van der Waals surface area contributed by atoms with E-state index < -0.39 is 7.42 Å². The lowest BCUT2D eigenvalue weighted by Crippen LogP contribution is -1.91. The summed E-state index contributed by atoms with van der Waals surface area (Å²) >= 11 is 16.1. The van der Waals surface area contributed by atoms with Crippen molar-refractivity contribution in [1.29, 1.82) is 0 Å². The number of thiol groups is 1. The fourth-order valence-corrected chi connectivity index (χ4v) is 7.46. The van der Waals surface area contributed by atoms with Crippen molar-refractivity contribution in [1.82, 2.24) is 0 Å². The molecule has 0 aromatic rings. The van der Waals surface area contributed by atoms with Crippen LogP contribution in [-0.4, -0.2) is 13.2 Å². The predicted molar refractivity (Wildman–Crippen MR) is 185 cm³/mol. The Balaban J connectivity index is 3.02. The van der Waals surface area contributed by atoms with Crippen LogP contribution >= 0.6 is 34.8 Å². The van der Waals surface area contributed by atoms with E-state index in [-0.39, 0.29) is 0 Å². The molecule has 0 aliphatic carbocycles. The largest absolute Gasteiger partial charge is 0.237 e. The number of halogens is 2. The van der Waals surface area contributed by atoms with Gasteiger partial charge in [-0.3, -0.25) is 0 Å². The van der Waals surface area contributed by atoms with Crippen molar-refractivity contribution < 1.29 is 0 Å². The zero-order valence-electron chi connectivity index (χ0n) is 25.8. The average molecular weight is 610 g/mol. The van der Waals surface area contributed by atoms with E-state index >= 15 is 0 Å². The third-order valence-electron chi connectivity index (χ3n) is 8.33. The fraction of sp³-hybridized carbons (Fsp3) is 1.00. The molecule has 0 amide bonds. The van der Waals surface area contributed by atoms with Crippen LogP contribution in [-0.2, 0) is 0 Å². The van der Waals surface area contributed by atoms with Gasteiger partial charge in [-0.15, -0.1) is 0 Å². The van der Waals surface area contributed by atoms with Crippen LogP contribution in [0.2, 0.25) is 6.04 Å². The van der Waals surface area contributed by atoms with E-state index in [1.165, 1.54) is 205 Å². The summed E-state index contributed by atoms with van der Waals surface area (Å²) in [7, 11) is -1.34. The summed E-state index contributed by atoms with van der Waals surface area (Å²) < 4.78 is 0. The van der Waals surface area contributed by atoms with Crippen LogP contribution in [0.15, 0.2) is 0 Å². The van der Waals surface area contributed by atoms with Crippen LogP contribution in [0.5, 0.6) is 0 Å². The predicted octanol–water partition coefficient (Wildman–Crippen LogP) is 14.1. The SMILES string of the molecule is SCCCCCCCCCCCCCCCCCCCCCCCCCCCCCCCCCC[SiH](Cl)Cl. The Morgan fingerprint density at radius 2 is 0.421 bits per heavy atom. The summed E-state index contributed by atoms with van der Waals surface area (Å²) in [6.45, 7) is 0. The van der Waals surface area contributed by atoms with Crippen LogP contribution in [0, 0.1) is 0 Å². The molecule has 0 fully saturated rings. The highest BCUT2D eigenvalue weighted by Gasteiger charge is 2.01. The van der Waals surface area contributed by atoms with Crippen molar-refractivity contribution in [2.24, 2.45) is 0 Å².